The maximum Gasteiger partial charge on any atom is 0.216 e. The summed E-state index contributed by atoms with van der Waals surface area (Å²) < 4.78 is 32.7. The first-order valence-electron chi connectivity index (χ1n) is 8.47. The molecule has 0 aromatic heterocycles. The van der Waals surface area contributed by atoms with E-state index in [0.29, 0.717) is 6.54 Å². The summed E-state index contributed by atoms with van der Waals surface area (Å²) in [6.07, 6.45) is 0. The normalized spacial score (nSPS) is 15.3. The largest absolute Gasteiger partial charge is 0.378 e. The quantitative estimate of drug-likeness (QED) is 0.860. The summed E-state index contributed by atoms with van der Waals surface area (Å²) >= 11 is 0. The molecule has 0 spiro atoms. The van der Waals surface area contributed by atoms with Gasteiger partial charge in [-0.05, 0) is 35.7 Å². The molecule has 1 aliphatic rings. The Bertz CT molecular complexity index is 798. The lowest BCUT2D eigenvalue weighted by atomic mass is 10.1. The summed E-state index contributed by atoms with van der Waals surface area (Å²) in [5, 5.41) is 0. The van der Waals surface area contributed by atoms with Crippen LogP contribution in [0.5, 0.6) is 0 Å². The van der Waals surface area contributed by atoms with Crippen molar-refractivity contribution in [2.45, 2.75) is 19.2 Å². The zero-order chi connectivity index (χ0) is 17.7. The van der Waals surface area contributed by atoms with E-state index in [9.17, 15) is 8.42 Å². The second kappa shape index (κ2) is 7.99. The number of hydrogen-bond donors (Lipinski definition) is 1. The van der Waals surface area contributed by atoms with Crippen molar-refractivity contribution in [1.82, 2.24) is 4.72 Å². The van der Waals surface area contributed by atoms with Gasteiger partial charge in [-0.1, -0.05) is 36.4 Å². The average molecular weight is 360 g/mol. The Balaban J connectivity index is 1.58. The Morgan fingerprint density at radius 2 is 1.72 bits per heavy atom. The summed E-state index contributed by atoms with van der Waals surface area (Å²) in [4.78, 5) is 2.27. The van der Waals surface area contributed by atoms with Crippen LogP contribution in [0.15, 0.2) is 48.5 Å². The summed E-state index contributed by atoms with van der Waals surface area (Å²) in [6.45, 7) is 5.51. The van der Waals surface area contributed by atoms with Crippen molar-refractivity contribution in [3.8, 4) is 0 Å². The van der Waals surface area contributed by atoms with E-state index in [1.807, 2.05) is 55.5 Å². The van der Waals surface area contributed by atoms with Gasteiger partial charge in [-0.2, -0.15) is 0 Å². The minimum Gasteiger partial charge on any atom is -0.378 e. The lowest BCUT2D eigenvalue weighted by Crippen LogP contribution is -2.36. The van der Waals surface area contributed by atoms with Crippen LogP contribution >= 0.6 is 0 Å². The third-order valence-electron chi connectivity index (χ3n) is 4.42. The number of ether oxygens (including phenoxy) is 1. The van der Waals surface area contributed by atoms with Gasteiger partial charge in [0.2, 0.25) is 10.0 Å². The summed E-state index contributed by atoms with van der Waals surface area (Å²) in [5.41, 5.74) is 3.92. The van der Waals surface area contributed by atoms with Gasteiger partial charge in [0.05, 0.1) is 19.0 Å². The number of aryl methyl sites for hydroxylation is 1. The molecule has 1 fully saturated rings. The number of anilines is 1. The highest BCUT2D eigenvalue weighted by molar-refractivity contribution is 7.88. The first kappa shape index (κ1) is 17.9. The van der Waals surface area contributed by atoms with Crippen LogP contribution in [-0.2, 0) is 27.1 Å². The summed E-state index contributed by atoms with van der Waals surface area (Å²) in [7, 11) is -3.36. The fourth-order valence-electron chi connectivity index (χ4n) is 2.87. The molecule has 3 rings (SSSR count). The average Bonchev–Trinajstić information content (AvgIpc) is 2.63. The predicted molar refractivity (Wildman–Crippen MR) is 100 cm³/mol. The molecule has 2 aromatic rings. The van der Waals surface area contributed by atoms with Gasteiger partial charge in [-0.25, -0.2) is 13.1 Å². The van der Waals surface area contributed by atoms with Crippen LogP contribution < -0.4 is 9.62 Å². The van der Waals surface area contributed by atoms with Crippen LogP contribution in [0, 0.1) is 6.92 Å². The molecule has 0 atom stereocenters. The SMILES string of the molecule is Cc1ccccc1CS(=O)(=O)NCc1ccc(N2CCOCC2)cc1. The second-order valence-electron chi connectivity index (χ2n) is 6.27. The molecule has 0 saturated carbocycles. The van der Waals surface area contributed by atoms with E-state index >= 15 is 0 Å². The van der Waals surface area contributed by atoms with Crippen molar-refractivity contribution < 1.29 is 13.2 Å². The monoisotopic (exact) mass is 360 g/mol. The van der Waals surface area contributed by atoms with E-state index in [0.717, 1.165) is 48.7 Å². The Hall–Kier alpha value is -1.89. The molecule has 134 valence electrons. The Morgan fingerprint density at radius 1 is 1.04 bits per heavy atom. The zero-order valence-electron chi connectivity index (χ0n) is 14.4. The molecule has 2 aromatic carbocycles. The van der Waals surface area contributed by atoms with Gasteiger partial charge >= 0.3 is 0 Å². The van der Waals surface area contributed by atoms with Crippen LogP contribution in [0.1, 0.15) is 16.7 Å². The second-order valence-corrected chi connectivity index (χ2v) is 8.08. The van der Waals surface area contributed by atoms with Crippen LogP contribution in [0.2, 0.25) is 0 Å². The molecule has 1 saturated heterocycles. The maximum absolute atomic E-state index is 12.3. The van der Waals surface area contributed by atoms with Crippen LogP contribution in [0.4, 0.5) is 5.69 Å². The summed E-state index contributed by atoms with van der Waals surface area (Å²) in [5.74, 6) is 0.00549. The molecule has 1 N–H and O–H groups in total. The third kappa shape index (κ3) is 5.04. The molecule has 0 unspecified atom stereocenters. The minimum absolute atomic E-state index is 0.00549. The molecule has 0 amide bonds. The number of benzene rings is 2. The number of morpholine rings is 1. The van der Waals surface area contributed by atoms with E-state index in [1.165, 1.54) is 0 Å². The molecule has 0 bridgehead atoms. The first-order chi connectivity index (χ1) is 12.0. The predicted octanol–water partition coefficient (Wildman–Crippen LogP) is 2.45. The molecule has 25 heavy (non-hydrogen) atoms. The zero-order valence-corrected chi connectivity index (χ0v) is 15.3. The fourth-order valence-corrected chi connectivity index (χ4v) is 4.09. The molecule has 1 heterocycles. The van der Waals surface area contributed by atoms with E-state index in [-0.39, 0.29) is 5.75 Å². The van der Waals surface area contributed by atoms with Crippen molar-refractivity contribution in [1.29, 1.82) is 0 Å². The number of nitrogens with one attached hydrogen (secondary N) is 1. The maximum atomic E-state index is 12.3. The van der Waals surface area contributed by atoms with Crippen molar-refractivity contribution in [3.63, 3.8) is 0 Å². The van der Waals surface area contributed by atoms with Crippen molar-refractivity contribution in [2.75, 3.05) is 31.2 Å². The van der Waals surface area contributed by atoms with Gasteiger partial charge in [0.1, 0.15) is 0 Å². The lowest BCUT2D eigenvalue weighted by molar-refractivity contribution is 0.122. The minimum atomic E-state index is -3.36. The molecule has 0 radical (unpaired) electrons. The van der Waals surface area contributed by atoms with Gasteiger partial charge < -0.3 is 9.64 Å². The Morgan fingerprint density at radius 3 is 2.40 bits per heavy atom. The Labute approximate surface area is 149 Å². The van der Waals surface area contributed by atoms with Gasteiger partial charge in [-0.3, -0.25) is 0 Å². The van der Waals surface area contributed by atoms with E-state index in [1.54, 1.807) is 0 Å². The van der Waals surface area contributed by atoms with Crippen molar-refractivity contribution >= 4 is 15.7 Å². The number of sulfonamides is 1. The fraction of sp³-hybridized carbons (Fsp3) is 0.368. The lowest BCUT2D eigenvalue weighted by Gasteiger charge is -2.28. The molecular formula is C19H24N2O3S. The van der Waals surface area contributed by atoms with Gasteiger partial charge in [0, 0.05) is 25.3 Å². The third-order valence-corrected chi connectivity index (χ3v) is 5.69. The van der Waals surface area contributed by atoms with Crippen LogP contribution in [0.25, 0.3) is 0 Å². The van der Waals surface area contributed by atoms with Crippen LogP contribution in [-0.4, -0.2) is 34.7 Å². The summed E-state index contributed by atoms with van der Waals surface area (Å²) in [6, 6.07) is 15.6. The topological polar surface area (TPSA) is 58.6 Å². The van der Waals surface area contributed by atoms with Gasteiger partial charge in [0.15, 0.2) is 0 Å². The molecule has 1 aliphatic heterocycles. The van der Waals surface area contributed by atoms with Crippen molar-refractivity contribution in [3.05, 3.63) is 65.2 Å². The number of rotatable bonds is 6. The molecule has 5 nitrogen and oxygen atoms in total. The molecular weight excluding hydrogens is 336 g/mol. The van der Waals surface area contributed by atoms with Gasteiger partial charge in [0.25, 0.3) is 0 Å². The highest BCUT2D eigenvalue weighted by Gasteiger charge is 2.14. The molecule has 6 heteroatoms. The Kier molecular flexibility index (Phi) is 5.73. The van der Waals surface area contributed by atoms with E-state index in [4.69, 9.17) is 4.74 Å². The number of hydrogen-bond acceptors (Lipinski definition) is 4. The van der Waals surface area contributed by atoms with Crippen molar-refractivity contribution in [2.24, 2.45) is 0 Å². The standard InChI is InChI=1S/C19H24N2O3S/c1-16-4-2-3-5-18(16)15-25(22,23)20-14-17-6-8-19(9-7-17)21-10-12-24-13-11-21/h2-9,20H,10-15H2,1H3. The first-order valence-corrected chi connectivity index (χ1v) is 10.1. The van der Waals surface area contributed by atoms with E-state index < -0.39 is 10.0 Å². The number of nitrogens with zero attached hydrogens (tertiary/aromatic N) is 1. The highest BCUT2D eigenvalue weighted by atomic mass is 32.2. The smallest absolute Gasteiger partial charge is 0.216 e. The highest BCUT2D eigenvalue weighted by Crippen LogP contribution is 2.17. The van der Waals surface area contributed by atoms with Gasteiger partial charge in [-0.15, -0.1) is 0 Å². The van der Waals surface area contributed by atoms with Crippen LogP contribution in [0.3, 0.4) is 0 Å². The molecule has 0 aliphatic carbocycles. The van der Waals surface area contributed by atoms with E-state index in [2.05, 4.69) is 9.62 Å².